The Morgan fingerprint density at radius 1 is 1.11 bits per heavy atom. The number of nitrogens with zero attached hydrogens (tertiary/aromatic N) is 2. The molecular formula is C25H16BrClN2O6S. The van der Waals surface area contributed by atoms with Crippen LogP contribution >= 0.6 is 39.3 Å². The number of carbonyl (C=O) groups is 3. The zero-order valence-electron chi connectivity index (χ0n) is 18.4. The summed E-state index contributed by atoms with van der Waals surface area (Å²) < 4.78 is 6.48. The number of amides is 2. The third-order valence-electron chi connectivity index (χ3n) is 5.17. The molecule has 2 amide bonds. The van der Waals surface area contributed by atoms with Crippen LogP contribution in [-0.4, -0.2) is 33.3 Å². The van der Waals surface area contributed by atoms with E-state index in [2.05, 4.69) is 15.9 Å². The van der Waals surface area contributed by atoms with Crippen molar-refractivity contribution in [3.63, 3.8) is 0 Å². The molecule has 0 spiro atoms. The number of hydrogen-bond acceptors (Lipinski definition) is 7. The number of hydrogen-bond donors (Lipinski definition) is 0. The van der Waals surface area contributed by atoms with Gasteiger partial charge in [-0.25, -0.2) is 0 Å². The summed E-state index contributed by atoms with van der Waals surface area (Å²) in [5.74, 6) is -0.513. The van der Waals surface area contributed by atoms with Crippen LogP contribution < -0.4 is 4.74 Å². The quantitative estimate of drug-likeness (QED) is 0.128. The second kappa shape index (κ2) is 11.1. The van der Waals surface area contributed by atoms with Gasteiger partial charge in [0.2, 0.25) is 0 Å². The summed E-state index contributed by atoms with van der Waals surface area (Å²) in [6, 6.07) is 17.6. The predicted molar refractivity (Wildman–Crippen MR) is 140 cm³/mol. The van der Waals surface area contributed by atoms with Gasteiger partial charge >= 0.3 is 0 Å². The molecule has 11 heteroatoms. The maximum atomic E-state index is 12.8. The summed E-state index contributed by atoms with van der Waals surface area (Å²) in [6.45, 7) is -0.183. The number of nitro benzene ring substituents is 1. The van der Waals surface area contributed by atoms with E-state index in [9.17, 15) is 24.5 Å². The Hall–Kier alpha value is -3.47. The fraction of sp³-hybridized carbons (Fsp3) is 0.0800. The number of ketones is 1. The van der Waals surface area contributed by atoms with Crippen LogP contribution in [0.5, 0.6) is 5.75 Å². The topological polar surface area (TPSA) is 107 Å². The van der Waals surface area contributed by atoms with Crippen LogP contribution in [0.4, 0.5) is 10.5 Å². The Bertz CT molecular complexity index is 1410. The minimum atomic E-state index is -0.588. The number of nitro groups is 1. The lowest BCUT2D eigenvalue weighted by atomic mass is 10.1. The van der Waals surface area contributed by atoms with E-state index in [0.717, 1.165) is 22.2 Å². The largest absolute Gasteiger partial charge is 0.488 e. The van der Waals surface area contributed by atoms with Crippen LogP contribution in [0.15, 0.2) is 76.1 Å². The zero-order valence-corrected chi connectivity index (χ0v) is 21.5. The smallest absolute Gasteiger partial charge is 0.293 e. The second-order valence-electron chi connectivity index (χ2n) is 7.56. The Morgan fingerprint density at radius 3 is 2.50 bits per heavy atom. The van der Waals surface area contributed by atoms with Gasteiger partial charge in [0.1, 0.15) is 12.4 Å². The monoisotopic (exact) mass is 586 g/mol. The van der Waals surface area contributed by atoms with E-state index in [1.165, 1.54) is 24.3 Å². The van der Waals surface area contributed by atoms with Crippen molar-refractivity contribution in [2.24, 2.45) is 0 Å². The summed E-state index contributed by atoms with van der Waals surface area (Å²) in [4.78, 5) is 49.0. The molecule has 4 rings (SSSR count). The van der Waals surface area contributed by atoms with E-state index in [1.54, 1.807) is 30.3 Å². The van der Waals surface area contributed by atoms with E-state index in [-0.39, 0.29) is 22.8 Å². The maximum absolute atomic E-state index is 12.8. The number of benzene rings is 3. The molecule has 1 heterocycles. The van der Waals surface area contributed by atoms with Crippen LogP contribution in [-0.2, 0) is 11.4 Å². The number of non-ortho nitro benzene ring substituents is 1. The van der Waals surface area contributed by atoms with Crippen molar-refractivity contribution in [1.82, 2.24) is 4.90 Å². The molecular weight excluding hydrogens is 572 g/mol. The standard InChI is InChI=1S/C25H16BrClN2O6S/c26-19-11-15(5-10-22(19)35-14-17-3-1-2-4-20(17)27)12-23-24(31)28(25(32)36-23)13-21(30)16-6-8-18(9-7-16)29(33)34/h1-12H,13-14H2/b23-12+. The lowest BCUT2D eigenvalue weighted by molar-refractivity contribution is -0.384. The van der Waals surface area contributed by atoms with Crippen LogP contribution in [0.1, 0.15) is 21.5 Å². The first kappa shape index (κ1) is 25.6. The van der Waals surface area contributed by atoms with E-state index < -0.39 is 28.4 Å². The van der Waals surface area contributed by atoms with Crippen molar-refractivity contribution in [2.45, 2.75) is 6.61 Å². The van der Waals surface area contributed by atoms with Crippen LogP contribution in [0, 0.1) is 10.1 Å². The molecule has 0 aromatic heterocycles. The molecule has 0 aliphatic carbocycles. The van der Waals surface area contributed by atoms with Crippen LogP contribution in [0.2, 0.25) is 5.02 Å². The molecule has 1 saturated heterocycles. The molecule has 0 bridgehead atoms. The third kappa shape index (κ3) is 5.84. The molecule has 182 valence electrons. The number of imide groups is 1. The SMILES string of the molecule is O=C(CN1C(=O)S/C(=C/c2ccc(OCc3ccccc3Cl)c(Br)c2)C1=O)c1ccc([N+](=O)[O-])cc1. The lowest BCUT2D eigenvalue weighted by Crippen LogP contribution is -2.33. The van der Waals surface area contributed by atoms with Gasteiger partial charge in [0.05, 0.1) is 20.8 Å². The summed E-state index contributed by atoms with van der Waals surface area (Å²) in [5, 5.41) is 10.8. The van der Waals surface area contributed by atoms with Crippen LogP contribution in [0.3, 0.4) is 0 Å². The molecule has 1 fully saturated rings. The number of thioether (sulfide) groups is 1. The van der Waals surface area contributed by atoms with Gasteiger partial charge in [-0.05, 0) is 69.7 Å². The molecule has 0 atom stereocenters. The Kier molecular flexibility index (Phi) is 7.88. The normalized spacial score (nSPS) is 14.4. The second-order valence-corrected chi connectivity index (χ2v) is 9.82. The zero-order chi connectivity index (χ0) is 25.8. The summed E-state index contributed by atoms with van der Waals surface area (Å²) in [6.07, 6.45) is 1.56. The fourth-order valence-corrected chi connectivity index (χ4v) is 4.83. The average molecular weight is 588 g/mol. The van der Waals surface area contributed by atoms with Gasteiger partial charge in [-0.15, -0.1) is 0 Å². The van der Waals surface area contributed by atoms with E-state index >= 15 is 0 Å². The van der Waals surface area contributed by atoms with Gasteiger partial charge in [0.25, 0.3) is 16.8 Å². The summed E-state index contributed by atoms with van der Waals surface area (Å²) in [7, 11) is 0. The lowest BCUT2D eigenvalue weighted by Gasteiger charge is -2.11. The molecule has 0 saturated carbocycles. The first-order valence-electron chi connectivity index (χ1n) is 10.4. The number of ether oxygens (including phenoxy) is 1. The maximum Gasteiger partial charge on any atom is 0.293 e. The van der Waals surface area contributed by atoms with Crippen LogP contribution in [0.25, 0.3) is 6.08 Å². The molecule has 0 unspecified atom stereocenters. The average Bonchev–Trinajstić information content (AvgIpc) is 3.11. The number of halogens is 2. The van der Waals surface area contributed by atoms with Crippen molar-refractivity contribution >= 4 is 68.0 Å². The first-order chi connectivity index (χ1) is 17.2. The highest BCUT2D eigenvalue weighted by molar-refractivity contribution is 9.10. The van der Waals surface area contributed by atoms with E-state index in [0.29, 0.717) is 20.8 Å². The minimum Gasteiger partial charge on any atom is -0.488 e. The predicted octanol–water partition coefficient (Wildman–Crippen LogP) is 6.51. The Labute approximate surface area is 223 Å². The molecule has 3 aromatic carbocycles. The summed E-state index contributed by atoms with van der Waals surface area (Å²) in [5.41, 5.74) is 1.50. The van der Waals surface area contributed by atoms with Gasteiger partial charge in [-0.2, -0.15) is 0 Å². The Balaban J connectivity index is 1.43. The highest BCUT2D eigenvalue weighted by Crippen LogP contribution is 2.34. The van der Waals surface area contributed by atoms with Crippen molar-refractivity contribution in [3.8, 4) is 5.75 Å². The van der Waals surface area contributed by atoms with Gasteiger partial charge < -0.3 is 4.74 Å². The fourth-order valence-electron chi connectivity index (χ4n) is 3.29. The van der Waals surface area contributed by atoms with Gasteiger partial charge in [-0.3, -0.25) is 29.4 Å². The molecule has 1 aliphatic heterocycles. The van der Waals surface area contributed by atoms with Gasteiger partial charge in [0, 0.05) is 28.3 Å². The van der Waals surface area contributed by atoms with Gasteiger partial charge in [-0.1, -0.05) is 35.9 Å². The number of Topliss-reactive ketones (excluding diaryl/α,β-unsaturated/α-hetero) is 1. The molecule has 3 aromatic rings. The van der Waals surface area contributed by atoms with E-state index in [4.69, 9.17) is 16.3 Å². The third-order valence-corrected chi connectivity index (χ3v) is 7.07. The Morgan fingerprint density at radius 2 is 1.83 bits per heavy atom. The van der Waals surface area contributed by atoms with Crippen molar-refractivity contribution in [3.05, 3.63) is 108 Å². The molecule has 0 N–H and O–H groups in total. The molecule has 8 nitrogen and oxygen atoms in total. The molecule has 36 heavy (non-hydrogen) atoms. The highest BCUT2D eigenvalue weighted by atomic mass is 79.9. The van der Waals surface area contributed by atoms with E-state index in [1.807, 2.05) is 18.2 Å². The first-order valence-corrected chi connectivity index (χ1v) is 12.4. The molecule has 1 aliphatic rings. The van der Waals surface area contributed by atoms with Crippen molar-refractivity contribution < 1.29 is 24.0 Å². The van der Waals surface area contributed by atoms with Crippen molar-refractivity contribution in [2.75, 3.05) is 6.54 Å². The summed E-state index contributed by atoms with van der Waals surface area (Å²) >= 11 is 10.4. The molecule has 0 radical (unpaired) electrons. The number of rotatable bonds is 8. The highest BCUT2D eigenvalue weighted by Gasteiger charge is 2.36. The van der Waals surface area contributed by atoms with Crippen molar-refractivity contribution in [1.29, 1.82) is 0 Å². The number of carbonyl (C=O) groups excluding carboxylic acids is 3. The minimum absolute atomic E-state index is 0.160. The van der Waals surface area contributed by atoms with Gasteiger partial charge in [0.15, 0.2) is 5.78 Å².